The van der Waals surface area contributed by atoms with Crippen molar-refractivity contribution in [2.45, 2.75) is 43.4 Å². The van der Waals surface area contributed by atoms with Gasteiger partial charge in [-0.25, -0.2) is 4.79 Å². The number of nitrogens with one attached hydrogen (secondary N) is 3. The molecule has 0 bridgehead atoms. The molecular weight excluding hydrogens is 484 g/mol. The van der Waals surface area contributed by atoms with E-state index in [0.29, 0.717) is 11.3 Å². The van der Waals surface area contributed by atoms with Gasteiger partial charge in [0.05, 0.1) is 19.1 Å². The smallest absolute Gasteiger partial charge is 0.328 e. The average molecular weight is 515 g/mol. The fourth-order valence-corrected chi connectivity index (χ4v) is 3.35. The molecule has 0 aliphatic rings. The molecule has 3 amide bonds. The normalized spacial score (nSPS) is 14.1. The Morgan fingerprint density at radius 3 is 1.97 bits per heavy atom. The second-order valence-electron chi connectivity index (χ2n) is 7.56. The SMILES string of the molecule is CSCCC(NC(=O)C(CC(=O)O)NC(=O)C(N)Cc1ccc(O)cc1)C(=O)NC(CO)C(=O)O. The number of phenolic OH excluding ortho intramolecular Hbond substituents is 1. The van der Waals surface area contributed by atoms with Crippen LogP contribution in [0.15, 0.2) is 24.3 Å². The quantitative estimate of drug-likeness (QED) is 0.128. The van der Waals surface area contributed by atoms with Crippen LogP contribution in [-0.2, 0) is 30.4 Å². The summed E-state index contributed by atoms with van der Waals surface area (Å²) in [4.78, 5) is 60.2. The fraction of sp³-hybridized carbons (Fsp3) is 0.476. The number of phenols is 1. The van der Waals surface area contributed by atoms with Gasteiger partial charge in [0.15, 0.2) is 0 Å². The Hall–Kier alpha value is -3.36. The van der Waals surface area contributed by atoms with Gasteiger partial charge in [0, 0.05) is 0 Å². The van der Waals surface area contributed by atoms with E-state index >= 15 is 0 Å². The lowest BCUT2D eigenvalue weighted by Crippen LogP contribution is -2.58. The lowest BCUT2D eigenvalue weighted by molar-refractivity contribution is -0.144. The van der Waals surface area contributed by atoms with E-state index < -0.39 is 66.9 Å². The van der Waals surface area contributed by atoms with Crippen molar-refractivity contribution in [3.8, 4) is 5.75 Å². The number of hydrogen-bond acceptors (Lipinski definition) is 9. The number of nitrogens with two attached hydrogens (primary N) is 1. The van der Waals surface area contributed by atoms with Gasteiger partial charge >= 0.3 is 11.9 Å². The summed E-state index contributed by atoms with van der Waals surface area (Å²) in [6, 6.07) is 0.373. The van der Waals surface area contributed by atoms with Gasteiger partial charge < -0.3 is 42.1 Å². The molecule has 1 aromatic carbocycles. The van der Waals surface area contributed by atoms with Crippen molar-refractivity contribution in [3.05, 3.63) is 29.8 Å². The van der Waals surface area contributed by atoms with Gasteiger partial charge in [-0.2, -0.15) is 11.8 Å². The second kappa shape index (κ2) is 14.8. The maximum Gasteiger partial charge on any atom is 0.328 e. The number of aromatic hydroxyl groups is 1. The van der Waals surface area contributed by atoms with E-state index in [1.807, 2.05) is 0 Å². The van der Waals surface area contributed by atoms with Gasteiger partial charge in [-0.3, -0.25) is 19.2 Å². The molecule has 0 saturated carbocycles. The fourth-order valence-electron chi connectivity index (χ4n) is 2.88. The molecule has 0 radical (unpaired) electrons. The van der Waals surface area contributed by atoms with Crippen LogP contribution < -0.4 is 21.7 Å². The van der Waals surface area contributed by atoms with Gasteiger partial charge in [-0.15, -0.1) is 0 Å². The minimum Gasteiger partial charge on any atom is -0.508 e. The molecule has 9 N–H and O–H groups in total. The number of carboxylic acid groups (broad SMARTS) is 2. The van der Waals surface area contributed by atoms with Crippen LogP contribution in [0.1, 0.15) is 18.4 Å². The first-order valence-corrected chi connectivity index (χ1v) is 11.9. The van der Waals surface area contributed by atoms with Gasteiger partial charge in [0.2, 0.25) is 17.7 Å². The zero-order valence-electron chi connectivity index (χ0n) is 19.0. The number of hydrogen-bond donors (Lipinski definition) is 8. The Morgan fingerprint density at radius 2 is 1.46 bits per heavy atom. The van der Waals surface area contributed by atoms with Crippen LogP contribution in [0.4, 0.5) is 0 Å². The third kappa shape index (κ3) is 10.6. The van der Waals surface area contributed by atoms with Crippen LogP contribution in [0, 0.1) is 0 Å². The third-order valence-corrected chi connectivity index (χ3v) is 5.43. The number of aliphatic hydroxyl groups is 1. The van der Waals surface area contributed by atoms with E-state index in [1.54, 1.807) is 18.4 Å². The molecule has 4 atom stereocenters. The summed E-state index contributed by atoms with van der Waals surface area (Å²) in [7, 11) is 0. The van der Waals surface area contributed by atoms with Crippen molar-refractivity contribution in [2.75, 3.05) is 18.6 Å². The Morgan fingerprint density at radius 1 is 0.914 bits per heavy atom. The first-order chi connectivity index (χ1) is 16.5. The predicted octanol–water partition coefficient (Wildman–Crippen LogP) is -1.98. The highest BCUT2D eigenvalue weighted by Gasteiger charge is 2.31. The molecule has 0 saturated heterocycles. The summed E-state index contributed by atoms with van der Waals surface area (Å²) in [5, 5.41) is 43.4. The molecule has 0 aliphatic carbocycles. The number of aliphatic hydroxyl groups excluding tert-OH is 1. The van der Waals surface area contributed by atoms with Crippen molar-refractivity contribution < 1.29 is 44.4 Å². The van der Waals surface area contributed by atoms with Crippen LogP contribution in [-0.4, -0.2) is 92.9 Å². The van der Waals surface area contributed by atoms with Gasteiger partial charge in [0.25, 0.3) is 0 Å². The third-order valence-electron chi connectivity index (χ3n) is 4.78. The lowest BCUT2D eigenvalue weighted by Gasteiger charge is -2.24. The molecule has 35 heavy (non-hydrogen) atoms. The molecule has 0 heterocycles. The Labute approximate surface area is 205 Å². The first-order valence-electron chi connectivity index (χ1n) is 10.5. The van der Waals surface area contributed by atoms with Gasteiger partial charge in [0.1, 0.15) is 23.9 Å². The number of benzene rings is 1. The highest BCUT2D eigenvalue weighted by molar-refractivity contribution is 7.98. The summed E-state index contributed by atoms with van der Waals surface area (Å²) < 4.78 is 0. The Kier molecular flexibility index (Phi) is 12.6. The Bertz CT molecular complexity index is 897. The van der Waals surface area contributed by atoms with Gasteiger partial charge in [-0.1, -0.05) is 12.1 Å². The first kappa shape index (κ1) is 29.7. The summed E-state index contributed by atoms with van der Waals surface area (Å²) >= 11 is 1.35. The lowest BCUT2D eigenvalue weighted by atomic mass is 10.0. The maximum absolute atomic E-state index is 12.8. The molecule has 4 unspecified atom stereocenters. The molecule has 0 aromatic heterocycles. The van der Waals surface area contributed by atoms with Crippen molar-refractivity contribution in [3.63, 3.8) is 0 Å². The topological polar surface area (TPSA) is 228 Å². The monoisotopic (exact) mass is 514 g/mol. The van der Waals surface area contributed by atoms with Crippen molar-refractivity contribution in [1.29, 1.82) is 0 Å². The summed E-state index contributed by atoms with van der Waals surface area (Å²) in [5.74, 6) is -5.13. The van der Waals surface area contributed by atoms with Crippen LogP contribution in [0.25, 0.3) is 0 Å². The standard InChI is InChI=1S/C21H30N4O9S/c1-35-7-6-14(19(31)25-16(10-26)21(33)34)23-20(32)15(9-17(28)29)24-18(30)13(22)8-11-2-4-12(27)5-3-11/h2-5,13-16,26-27H,6-10,22H2,1H3,(H,23,32)(H,24,30)(H,25,31)(H,28,29)(H,33,34). The van der Waals surface area contributed by atoms with E-state index in [0.717, 1.165) is 0 Å². The van der Waals surface area contributed by atoms with Crippen molar-refractivity contribution in [1.82, 2.24) is 16.0 Å². The molecule has 0 fully saturated rings. The summed E-state index contributed by atoms with van der Waals surface area (Å²) in [6.45, 7) is -0.874. The number of rotatable bonds is 15. The maximum atomic E-state index is 12.8. The van der Waals surface area contributed by atoms with Crippen LogP contribution >= 0.6 is 11.8 Å². The van der Waals surface area contributed by atoms with Gasteiger partial charge in [-0.05, 0) is 42.5 Å². The number of amides is 3. The minimum atomic E-state index is -1.59. The molecule has 13 nitrogen and oxygen atoms in total. The Balaban J connectivity index is 2.92. The second-order valence-corrected chi connectivity index (χ2v) is 8.55. The number of carbonyl (C=O) groups is 5. The number of carbonyl (C=O) groups excluding carboxylic acids is 3. The number of carboxylic acids is 2. The number of aliphatic carboxylic acids is 2. The zero-order chi connectivity index (χ0) is 26.5. The predicted molar refractivity (Wildman–Crippen MR) is 126 cm³/mol. The van der Waals surface area contributed by atoms with Crippen LogP contribution in [0.5, 0.6) is 5.75 Å². The molecule has 1 aromatic rings. The van der Waals surface area contributed by atoms with E-state index in [-0.39, 0.29) is 18.6 Å². The molecule has 194 valence electrons. The van der Waals surface area contributed by atoms with Crippen LogP contribution in [0.2, 0.25) is 0 Å². The molecule has 0 aliphatic heterocycles. The van der Waals surface area contributed by atoms with Crippen molar-refractivity contribution in [2.24, 2.45) is 5.73 Å². The van der Waals surface area contributed by atoms with Crippen LogP contribution in [0.3, 0.4) is 0 Å². The largest absolute Gasteiger partial charge is 0.508 e. The van der Waals surface area contributed by atoms with E-state index in [4.69, 9.17) is 15.9 Å². The highest BCUT2D eigenvalue weighted by Crippen LogP contribution is 2.11. The zero-order valence-corrected chi connectivity index (χ0v) is 19.8. The molecule has 1 rings (SSSR count). The van der Waals surface area contributed by atoms with Crippen molar-refractivity contribution >= 4 is 41.4 Å². The number of thioether (sulfide) groups is 1. The summed E-state index contributed by atoms with van der Waals surface area (Å²) in [5.41, 5.74) is 6.50. The minimum absolute atomic E-state index is 0.0266. The molecule has 0 spiro atoms. The van der Waals surface area contributed by atoms with E-state index in [2.05, 4.69) is 16.0 Å². The molecular formula is C21H30N4O9S. The van der Waals surface area contributed by atoms with E-state index in [9.17, 15) is 34.2 Å². The summed E-state index contributed by atoms with van der Waals surface area (Å²) in [6.07, 6.45) is 1.07. The van der Waals surface area contributed by atoms with E-state index in [1.165, 1.54) is 23.9 Å². The molecule has 14 heteroatoms. The highest BCUT2D eigenvalue weighted by atomic mass is 32.2. The average Bonchev–Trinajstić information content (AvgIpc) is 2.80.